The van der Waals surface area contributed by atoms with Gasteiger partial charge in [0, 0.05) is 29.4 Å². The van der Waals surface area contributed by atoms with E-state index in [-0.39, 0.29) is 27.1 Å². The van der Waals surface area contributed by atoms with Crippen LogP contribution in [0.25, 0.3) is 0 Å². The van der Waals surface area contributed by atoms with Crippen LogP contribution in [-0.2, 0) is 10.8 Å². The van der Waals surface area contributed by atoms with E-state index in [0.717, 1.165) is 6.07 Å². The van der Waals surface area contributed by atoms with Crippen molar-refractivity contribution in [3.05, 3.63) is 80.2 Å². The van der Waals surface area contributed by atoms with Crippen molar-refractivity contribution in [2.75, 3.05) is 14.1 Å². The third kappa shape index (κ3) is 4.77. The summed E-state index contributed by atoms with van der Waals surface area (Å²) in [4.78, 5) is 15.3. The minimum Gasteiger partial charge on any atom is -0.628 e. The first-order valence-electron chi connectivity index (χ1n) is 8.40. The molecule has 3 aromatic rings. The molecular weight excluding hydrogens is 453 g/mol. The number of quaternary nitrogens is 1. The van der Waals surface area contributed by atoms with Gasteiger partial charge in [0.1, 0.15) is 5.75 Å². The van der Waals surface area contributed by atoms with Crippen molar-refractivity contribution in [3.63, 3.8) is 0 Å². The average molecular weight is 468 g/mol. The Morgan fingerprint density at radius 1 is 1.07 bits per heavy atom. The van der Waals surface area contributed by atoms with Gasteiger partial charge < -0.3 is 14.6 Å². The number of halogens is 2. The molecule has 0 aliphatic rings. The second kappa shape index (κ2) is 8.66. The molecule has 30 heavy (non-hydrogen) atoms. The average Bonchev–Trinajstić information content (AvgIpc) is 2.69. The summed E-state index contributed by atoms with van der Waals surface area (Å²) in [6, 6.07) is 9.84. The van der Waals surface area contributed by atoms with Gasteiger partial charge in [-0.2, -0.15) is 0 Å². The molecule has 11 heteroatoms. The molecule has 2 aromatic carbocycles. The van der Waals surface area contributed by atoms with Crippen LogP contribution in [0.5, 0.6) is 11.5 Å². The molecule has 0 spiro atoms. The molecule has 8 nitrogen and oxygen atoms in total. The SMILES string of the molecule is C[N+](C)([O-])c1cc(S(=O)c2ccncc2)c(Oc2ccc(Cl)c(Cl)c2)cc1[N+](=O)[O-]. The second-order valence-electron chi connectivity index (χ2n) is 6.53. The highest BCUT2D eigenvalue weighted by Crippen LogP contribution is 2.41. The number of benzene rings is 2. The molecule has 1 unspecified atom stereocenters. The highest BCUT2D eigenvalue weighted by molar-refractivity contribution is 7.85. The van der Waals surface area contributed by atoms with Crippen molar-refractivity contribution < 1.29 is 13.9 Å². The monoisotopic (exact) mass is 467 g/mol. The molecule has 0 amide bonds. The van der Waals surface area contributed by atoms with E-state index in [4.69, 9.17) is 27.9 Å². The van der Waals surface area contributed by atoms with E-state index in [1.807, 2.05) is 0 Å². The Hall–Kier alpha value is -2.56. The zero-order chi connectivity index (χ0) is 22.1. The highest BCUT2D eigenvalue weighted by Gasteiger charge is 2.29. The van der Waals surface area contributed by atoms with Crippen LogP contribution >= 0.6 is 23.2 Å². The molecule has 1 aromatic heterocycles. The minimum atomic E-state index is -1.80. The van der Waals surface area contributed by atoms with Crippen LogP contribution in [0.2, 0.25) is 10.0 Å². The lowest BCUT2D eigenvalue weighted by atomic mass is 10.2. The van der Waals surface area contributed by atoms with Crippen LogP contribution in [0.1, 0.15) is 0 Å². The number of hydroxylamine groups is 2. The zero-order valence-corrected chi connectivity index (χ0v) is 18.1. The van der Waals surface area contributed by atoms with Crippen molar-refractivity contribution in [1.29, 1.82) is 0 Å². The Kier molecular flexibility index (Phi) is 6.39. The number of nitro benzene ring substituents is 1. The summed E-state index contributed by atoms with van der Waals surface area (Å²) in [6.07, 6.45) is 2.93. The number of pyridine rings is 1. The lowest BCUT2D eigenvalue weighted by molar-refractivity contribution is -0.384. The van der Waals surface area contributed by atoms with Crippen molar-refractivity contribution >= 4 is 45.4 Å². The second-order valence-corrected chi connectivity index (χ2v) is 8.79. The first kappa shape index (κ1) is 22.1. The van der Waals surface area contributed by atoms with Gasteiger partial charge in [-0.1, -0.05) is 23.2 Å². The van der Waals surface area contributed by atoms with Gasteiger partial charge in [-0.25, -0.2) is 4.21 Å². The molecule has 0 aliphatic carbocycles. The highest BCUT2D eigenvalue weighted by atomic mass is 35.5. The summed E-state index contributed by atoms with van der Waals surface area (Å²) in [7, 11) is 0.670. The van der Waals surface area contributed by atoms with Crippen molar-refractivity contribution in [2.24, 2.45) is 0 Å². The normalized spacial score (nSPS) is 12.4. The predicted octanol–water partition coefficient (Wildman–Crippen LogP) is 5.32. The Morgan fingerprint density at radius 2 is 1.73 bits per heavy atom. The largest absolute Gasteiger partial charge is 0.628 e. The maximum atomic E-state index is 13.2. The van der Waals surface area contributed by atoms with E-state index >= 15 is 0 Å². The number of ether oxygens (including phenoxy) is 1. The van der Waals surface area contributed by atoms with Crippen LogP contribution in [0.4, 0.5) is 11.4 Å². The number of rotatable bonds is 6. The maximum Gasteiger partial charge on any atom is 0.333 e. The molecule has 0 bridgehead atoms. The molecule has 0 aliphatic heterocycles. The quantitative estimate of drug-likeness (QED) is 0.275. The number of hydrogen-bond donors (Lipinski definition) is 0. The Bertz CT molecular complexity index is 1140. The molecule has 0 radical (unpaired) electrons. The fourth-order valence-corrected chi connectivity index (χ4v) is 4.01. The standard InChI is InChI=1S/C19H15Cl2N3O5S/c1-24(2,27)17-11-19(30(28)13-5-7-22-8-6-13)18(10-16(17)23(25)26)29-12-3-4-14(20)15(21)9-12/h3-11H,1-2H3. The van der Waals surface area contributed by atoms with Crippen LogP contribution in [0, 0.1) is 15.3 Å². The van der Waals surface area contributed by atoms with Gasteiger partial charge in [-0.15, -0.1) is 0 Å². The number of aromatic nitrogens is 1. The molecule has 3 rings (SSSR count). The van der Waals surface area contributed by atoms with Crippen molar-refractivity contribution in [1.82, 2.24) is 9.63 Å². The molecule has 1 heterocycles. The lowest BCUT2D eigenvalue weighted by Gasteiger charge is -2.32. The van der Waals surface area contributed by atoms with Crippen molar-refractivity contribution in [2.45, 2.75) is 9.79 Å². The van der Waals surface area contributed by atoms with E-state index in [1.54, 1.807) is 0 Å². The Morgan fingerprint density at radius 3 is 2.30 bits per heavy atom. The van der Waals surface area contributed by atoms with Gasteiger partial charge in [0.25, 0.3) is 0 Å². The summed E-state index contributed by atoms with van der Waals surface area (Å²) in [5, 5.41) is 24.7. The topological polar surface area (TPSA) is 105 Å². The molecule has 0 fully saturated rings. The van der Waals surface area contributed by atoms with Crippen LogP contribution in [0.15, 0.2) is 64.6 Å². The number of nitrogens with zero attached hydrogens (tertiary/aromatic N) is 3. The van der Waals surface area contributed by atoms with Gasteiger partial charge >= 0.3 is 5.69 Å². The van der Waals surface area contributed by atoms with Crippen LogP contribution in [-0.4, -0.2) is 28.2 Å². The van der Waals surface area contributed by atoms with E-state index in [2.05, 4.69) is 4.98 Å². The third-order valence-electron chi connectivity index (χ3n) is 4.00. The Balaban J connectivity index is 2.21. The molecular formula is C19H15Cl2N3O5S. The zero-order valence-electron chi connectivity index (χ0n) is 15.7. The summed E-state index contributed by atoms with van der Waals surface area (Å²) in [5.74, 6) is 0.183. The fourth-order valence-electron chi connectivity index (χ4n) is 2.60. The molecule has 156 valence electrons. The van der Waals surface area contributed by atoms with E-state index in [1.165, 1.54) is 62.9 Å². The number of hydrogen-bond acceptors (Lipinski definition) is 6. The first-order valence-corrected chi connectivity index (χ1v) is 10.3. The van der Waals surface area contributed by atoms with Crippen LogP contribution < -0.4 is 9.38 Å². The predicted molar refractivity (Wildman–Crippen MR) is 116 cm³/mol. The van der Waals surface area contributed by atoms with E-state index in [9.17, 15) is 19.5 Å². The van der Waals surface area contributed by atoms with E-state index < -0.39 is 26.1 Å². The first-order chi connectivity index (χ1) is 14.1. The van der Waals surface area contributed by atoms with Gasteiger partial charge in [0.2, 0.25) is 5.69 Å². The number of nitro groups is 1. The Labute approximate surface area is 184 Å². The summed E-state index contributed by atoms with van der Waals surface area (Å²) in [5.41, 5.74) is -0.626. The summed E-state index contributed by atoms with van der Waals surface area (Å²) >= 11 is 11.9. The summed E-state index contributed by atoms with van der Waals surface area (Å²) < 4.78 is 17.9. The minimum absolute atomic E-state index is 0.0487. The van der Waals surface area contributed by atoms with Gasteiger partial charge in [0.15, 0.2) is 5.75 Å². The molecule has 1 atom stereocenters. The molecule has 0 saturated heterocycles. The van der Waals surface area contributed by atoms with Gasteiger partial charge in [0.05, 0.1) is 50.8 Å². The van der Waals surface area contributed by atoms with E-state index in [0.29, 0.717) is 9.92 Å². The fraction of sp³-hybridized carbons (Fsp3) is 0.105. The van der Waals surface area contributed by atoms with Gasteiger partial charge in [-0.05, 0) is 24.3 Å². The van der Waals surface area contributed by atoms with Crippen molar-refractivity contribution in [3.8, 4) is 11.5 Å². The smallest absolute Gasteiger partial charge is 0.333 e. The van der Waals surface area contributed by atoms with Crippen LogP contribution in [0.3, 0.4) is 0 Å². The van der Waals surface area contributed by atoms with Gasteiger partial charge in [-0.3, -0.25) is 15.1 Å². The maximum absolute atomic E-state index is 13.2. The molecule has 0 saturated carbocycles. The lowest BCUT2D eigenvalue weighted by Crippen LogP contribution is -2.33. The summed E-state index contributed by atoms with van der Waals surface area (Å²) in [6.45, 7) is 0. The third-order valence-corrected chi connectivity index (χ3v) is 6.16. The molecule has 0 N–H and O–H groups in total.